The standard InChI is InChI=1S/C20H26N2O3S/c1-16-8-7-9-18(14-16)15-21-20(23)12-13-22(26(3,24)25)17(2)19-10-5-4-6-11-19/h4-11,14,17H,12-13,15H2,1-3H3,(H,21,23). The third kappa shape index (κ3) is 5.97. The molecule has 26 heavy (non-hydrogen) atoms. The fourth-order valence-corrected chi connectivity index (χ4v) is 3.99. The molecule has 0 bridgehead atoms. The highest BCUT2D eigenvalue weighted by Crippen LogP contribution is 2.22. The second kappa shape index (κ2) is 8.96. The summed E-state index contributed by atoms with van der Waals surface area (Å²) in [4.78, 5) is 12.2. The molecule has 0 aliphatic rings. The summed E-state index contributed by atoms with van der Waals surface area (Å²) in [6, 6.07) is 17.0. The number of nitrogens with one attached hydrogen (secondary N) is 1. The van der Waals surface area contributed by atoms with Gasteiger partial charge in [-0.15, -0.1) is 0 Å². The first kappa shape index (κ1) is 20.1. The van der Waals surface area contributed by atoms with Crippen LogP contribution in [-0.2, 0) is 21.4 Å². The maximum atomic E-state index is 12.2. The van der Waals surface area contributed by atoms with Gasteiger partial charge in [0.2, 0.25) is 15.9 Å². The molecule has 0 heterocycles. The predicted molar refractivity (Wildman–Crippen MR) is 104 cm³/mol. The average Bonchev–Trinajstić information content (AvgIpc) is 2.59. The van der Waals surface area contributed by atoms with E-state index >= 15 is 0 Å². The number of hydrogen-bond acceptors (Lipinski definition) is 3. The zero-order valence-electron chi connectivity index (χ0n) is 15.5. The molecule has 2 aromatic rings. The van der Waals surface area contributed by atoms with Crippen molar-refractivity contribution < 1.29 is 13.2 Å². The second-order valence-corrected chi connectivity index (χ2v) is 8.41. The van der Waals surface area contributed by atoms with E-state index in [1.807, 2.05) is 68.4 Å². The van der Waals surface area contributed by atoms with E-state index in [1.54, 1.807) is 0 Å². The van der Waals surface area contributed by atoms with Gasteiger partial charge in [0, 0.05) is 25.6 Å². The van der Waals surface area contributed by atoms with Gasteiger partial charge in [-0.05, 0) is 25.0 Å². The predicted octanol–water partition coefficient (Wildman–Crippen LogP) is 3.02. The monoisotopic (exact) mass is 374 g/mol. The van der Waals surface area contributed by atoms with Crippen molar-refractivity contribution in [1.29, 1.82) is 0 Å². The molecule has 0 radical (unpaired) electrons. The molecule has 5 nitrogen and oxygen atoms in total. The van der Waals surface area contributed by atoms with Crippen LogP contribution < -0.4 is 5.32 Å². The first-order valence-corrected chi connectivity index (χ1v) is 10.5. The largest absolute Gasteiger partial charge is 0.352 e. The molecule has 0 aliphatic heterocycles. The van der Waals surface area contributed by atoms with Gasteiger partial charge in [0.25, 0.3) is 0 Å². The zero-order valence-corrected chi connectivity index (χ0v) is 16.3. The van der Waals surface area contributed by atoms with Crippen LogP contribution in [0.1, 0.15) is 36.1 Å². The Balaban J connectivity index is 1.95. The number of carbonyl (C=O) groups is 1. The van der Waals surface area contributed by atoms with E-state index in [1.165, 1.54) is 10.6 Å². The van der Waals surface area contributed by atoms with Gasteiger partial charge < -0.3 is 5.32 Å². The van der Waals surface area contributed by atoms with Gasteiger partial charge in [-0.2, -0.15) is 4.31 Å². The summed E-state index contributed by atoms with van der Waals surface area (Å²) >= 11 is 0. The summed E-state index contributed by atoms with van der Waals surface area (Å²) in [6.45, 7) is 4.42. The molecule has 1 atom stereocenters. The van der Waals surface area contributed by atoms with E-state index in [9.17, 15) is 13.2 Å². The molecule has 1 amide bonds. The Morgan fingerprint density at radius 1 is 1.12 bits per heavy atom. The Morgan fingerprint density at radius 2 is 1.81 bits per heavy atom. The first-order chi connectivity index (χ1) is 12.3. The lowest BCUT2D eigenvalue weighted by Crippen LogP contribution is -2.36. The molecule has 2 aromatic carbocycles. The van der Waals surface area contributed by atoms with E-state index in [0.717, 1.165) is 16.7 Å². The fraction of sp³-hybridized carbons (Fsp3) is 0.350. The number of amides is 1. The molecule has 140 valence electrons. The SMILES string of the molecule is Cc1cccc(CNC(=O)CCN(C(C)c2ccccc2)S(C)(=O)=O)c1. The molecule has 2 rings (SSSR count). The lowest BCUT2D eigenvalue weighted by Gasteiger charge is -2.27. The second-order valence-electron chi connectivity index (χ2n) is 6.48. The van der Waals surface area contributed by atoms with Crippen LogP contribution in [0.25, 0.3) is 0 Å². The average molecular weight is 375 g/mol. The molecule has 6 heteroatoms. The van der Waals surface area contributed by atoms with Gasteiger partial charge in [0.1, 0.15) is 0 Å². The Labute approximate surface area is 156 Å². The molecular formula is C20H26N2O3S. The number of aryl methyl sites for hydroxylation is 1. The van der Waals surface area contributed by atoms with Crippen LogP contribution >= 0.6 is 0 Å². The van der Waals surface area contributed by atoms with Gasteiger partial charge >= 0.3 is 0 Å². The molecule has 0 aromatic heterocycles. The van der Waals surface area contributed by atoms with Crippen molar-refractivity contribution in [2.75, 3.05) is 12.8 Å². The number of rotatable bonds is 8. The molecule has 1 N–H and O–H groups in total. The first-order valence-electron chi connectivity index (χ1n) is 8.61. The zero-order chi connectivity index (χ0) is 19.2. The molecule has 0 fully saturated rings. The van der Waals surface area contributed by atoms with E-state index in [4.69, 9.17) is 0 Å². The van der Waals surface area contributed by atoms with Crippen LogP contribution in [0.5, 0.6) is 0 Å². The van der Waals surface area contributed by atoms with Crippen LogP contribution in [-0.4, -0.2) is 31.4 Å². The lowest BCUT2D eigenvalue weighted by atomic mass is 10.1. The van der Waals surface area contributed by atoms with Crippen molar-refractivity contribution in [2.24, 2.45) is 0 Å². The molecule has 0 spiro atoms. The van der Waals surface area contributed by atoms with Gasteiger partial charge in [-0.1, -0.05) is 60.2 Å². The van der Waals surface area contributed by atoms with Gasteiger partial charge in [-0.25, -0.2) is 8.42 Å². The highest BCUT2D eigenvalue weighted by Gasteiger charge is 2.24. The minimum Gasteiger partial charge on any atom is -0.352 e. The van der Waals surface area contributed by atoms with Crippen LogP contribution in [0.4, 0.5) is 0 Å². The normalized spacial score (nSPS) is 12.8. The Morgan fingerprint density at radius 3 is 2.42 bits per heavy atom. The van der Waals surface area contributed by atoms with E-state index in [0.29, 0.717) is 6.54 Å². The Hall–Kier alpha value is -2.18. The summed E-state index contributed by atoms with van der Waals surface area (Å²) < 4.78 is 25.7. The van der Waals surface area contributed by atoms with Crippen LogP contribution in [0.3, 0.4) is 0 Å². The van der Waals surface area contributed by atoms with Crippen LogP contribution in [0.15, 0.2) is 54.6 Å². The number of nitrogens with zero attached hydrogens (tertiary/aromatic N) is 1. The molecule has 0 saturated heterocycles. The number of carbonyl (C=O) groups excluding carboxylic acids is 1. The summed E-state index contributed by atoms with van der Waals surface area (Å²) in [6.07, 6.45) is 1.30. The summed E-state index contributed by atoms with van der Waals surface area (Å²) in [7, 11) is -3.43. The Kier molecular flexibility index (Phi) is 6.94. The van der Waals surface area contributed by atoms with Crippen LogP contribution in [0.2, 0.25) is 0 Å². The third-order valence-corrected chi connectivity index (χ3v) is 5.62. The summed E-state index contributed by atoms with van der Waals surface area (Å²) in [5.41, 5.74) is 3.06. The lowest BCUT2D eigenvalue weighted by molar-refractivity contribution is -0.121. The quantitative estimate of drug-likeness (QED) is 0.772. The molecular weight excluding hydrogens is 348 g/mol. The van der Waals surface area contributed by atoms with Gasteiger partial charge in [0.15, 0.2) is 0 Å². The minimum atomic E-state index is -3.43. The van der Waals surface area contributed by atoms with Crippen molar-refractivity contribution >= 4 is 15.9 Å². The van der Waals surface area contributed by atoms with Crippen molar-refractivity contribution in [1.82, 2.24) is 9.62 Å². The maximum Gasteiger partial charge on any atom is 0.221 e. The highest BCUT2D eigenvalue weighted by atomic mass is 32.2. The topological polar surface area (TPSA) is 66.5 Å². The third-order valence-electron chi connectivity index (χ3n) is 4.27. The molecule has 1 unspecified atom stereocenters. The molecule has 0 saturated carbocycles. The summed E-state index contributed by atoms with van der Waals surface area (Å²) in [5.74, 6) is -0.166. The highest BCUT2D eigenvalue weighted by molar-refractivity contribution is 7.88. The van der Waals surface area contributed by atoms with E-state index in [-0.39, 0.29) is 24.9 Å². The van der Waals surface area contributed by atoms with Crippen molar-refractivity contribution in [2.45, 2.75) is 32.9 Å². The van der Waals surface area contributed by atoms with E-state index in [2.05, 4.69) is 5.32 Å². The van der Waals surface area contributed by atoms with Crippen molar-refractivity contribution in [3.8, 4) is 0 Å². The van der Waals surface area contributed by atoms with Crippen molar-refractivity contribution in [3.05, 3.63) is 71.3 Å². The summed E-state index contributed by atoms with van der Waals surface area (Å²) in [5, 5.41) is 2.85. The smallest absolute Gasteiger partial charge is 0.221 e. The minimum absolute atomic E-state index is 0.121. The number of sulfonamides is 1. The fourth-order valence-electron chi connectivity index (χ4n) is 2.87. The molecule has 0 aliphatic carbocycles. The van der Waals surface area contributed by atoms with Crippen LogP contribution in [0, 0.1) is 6.92 Å². The van der Waals surface area contributed by atoms with Crippen molar-refractivity contribution in [3.63, 3.8) is 0 Å². The number of hydrogen-bond donors (Lipinski definition) is 1. The maximum absolute atomic E-state index is 12.2. The van der Waals surface area contributed by atoms with Gasteiger partial charge in [-0.3, -0.25) is 4.79 Å². The number of benzene rings is 2. The Bertz CT molecular complexity index is 835. The van der Waals surface area contributed by atoms with Gasteiger partial charge in [0.05, 0.1) is 6.26 Å². The van der Waals surface area contributed by atoms with E-state index < -0.39 is 10.0 Å².